The van der Waals surface area contributed by atoms with Crippen LogP contribution in [0.3, 0.4) is 0 Å². The predicted octanol–water partition coefficient (Wildman–Crippen LogP) is 5.40. The Labute approximate surface area is 193 Å². The summed E-state index contributed by atoms with van der Waals surface area (Å²) >= 11 is 3.58. The molecule has 2 aromatic rings. The van der Waals surface area contributed by atoms with E-state index in [0.717, 1.165) is 23.1 Å². The maximum absolute atomic E-state index is 12.2. The van der Waals surface area contributed by atoms with Crippen LogP contribution in [0.2, 0.25) is 0 Å². The van der Waals surface area contributed by atoms with Crippen LogP contribution in [0, 0.1) is 19.8 Å². The molecule has 0 fully saturated rings. The molecule has 2 rings (SSSR count). The maximum Gasteiger partial charge on any atom is 0.307 e. The fourth-order valence-electron chi connectivity index (χ4n) is 3.28. The summed E-state index contributed by atoms with van der Waals surface area (Å²) in [5.41, 5.74) is 4.12. The molecule has 0 radical (unpaired) electrons. The first-order valence-corrected chi connectivity index (χ1v) is 11.5. The fraction of sp³-hybridized carbons (Fsp3) is 0.440. The van der Waals surface area contributed by atoms with Crippen LogP contribution in [0.1, 0.15) is 53.7 Å². The molecular formula is C25H32BrNO4. The molecule has 2 aromatic carbocycles. The van der Waals surface area contributed by atoms with E-state index in [9.17, 15) is 9.59 Å². The van der Waals surface area contributed by atoms with Gasteiger partial charge in [0.2, 0.25) is 0 Å². The van der Waals surface area contributed by atoms with Crippen molar-refractivity contribution in [2.75, 3.05) is 19.8 Å². The second kappa shape index (κ2) is 12.5. The molecule has 0 aliphatic rings. The number of carbonyl (C=O) groups is 2. The smallest absolute Gasteiger partial charge is 0.307 e. The van der Waals surface area contributed by atoms with Crippen LogP contribution in [-0.2, 0) is 16.0 Å². The molecule has 1 unspecified atom stereocenters. The van der Waals surface area contributed by atoms with Gasteiger partial charge in [-0.3, -0.25) is 9.59 Å². The lowest BCUT2D eigenvalue weighted by atomic mass is 9.97. The van der Waals surface area contributed by atoms with E-state index in [2.05, 4.69) is 54.2 Å². The van der Waals surface area contributed by atoms with Crippen molar-refractivity contribution < 1.29 is 19.1 Å². The summed E-state index contributed by atoms with van der Waals surface area (Å²) in [6.07, 6.45) is 2.05. The number of aryl methyl sites for hydroxylation is 2. The van der Waals surface area contributed by atoms with E-state index in [1.165, 1.54) is 16.7 Å². The van der Waals surface area contributed by atoms with Gasteiger partial charge in [-0.25, -0.2) is 0 Å². The van der Waals surface area contributed by atoms with Crippen molar-refractivity contribution in [3.8, 4) is 5.75 Å². The van der Waals surface area contributed by atoms with Crippen molar-refractivity contribution in [3.05, 3.63) is 63.1 Å². The predicted molar refractivity (Wildman–Crippen MR) is 127 cm³/mol. The van der Waals surface area contributed by atoms with E-state index < -0.39 is 0 Å². The number of amides is 1. The lowest BCUT2D eigenvalue weighted by Gasteiger charge is -2.14. The van der Waals surface area contributed by atoms with Gasteiger partial charge in [0, 0.05) is 16.6 Å². The summed E-state index contributed by atoms with van der Waals surface area (Å²) in [7, 11) is 0. The lowest BCUT2D eigenvalue weighted by molar-refractivity contribution is -0.142. The molecule has 1 N–H and O–H groups in total. The highest BCUT2D eigenvalue weighted by Crippen LogP contribution is 2.26. The Morgan fingerprint density at radius 1 is 1.10 bits per heavy atom. The van der Waals surface area contributed by atoms with Crippen molar-refractivity contribution in [2.24, 2.45) is 5.92 Å². The first kappa shape index (κ1) is 24.9. The zero-order chi connectivity index (χ0) is 22.8. The maximum atomic E-state index is 12.2. The van der Waals surface area contributed by atoms with Gasteiger partial charge >= 0.3 is 5.97 Å². The Kier molecular flexibility index (Phi) is 10.0. The zero-order valence-corrected chi connectivity index (χ0v) is 20.4. The highest BCUT2D eigenvalue weighted by atomic mass is 79.9. The number of nitrogens with one attached hydrogen (secondary N) is 1. The van der Waals surface area contributed by atoms with Gasteiger partial charge in [0.15, 0.2) is 0 Å². The summed E-state index contributed by atoms with van der Waals surface area (Å²) < 4.78 is 11.9. The SMILES string of the molecule is CCOC(=O)CCNC(=O)c1ccc(CC(C)CCOc2cc(C)c(Br)c(C)c2)cc1. The number of rotatable bonds is 11. The van der Waals surface area contributed by atoms with Gasteiger partial charge in [0.1, 0.15) is 5.75 Å². The molecule has 1 atom stereocenters. The quantitative estimate of drug-likeness (QED) is 0.429. The Hall–Kier alpha value is -2.34. The molecule has 168 valence electrons. The first-order chi connectivity index (χ1) is 14.8. The number of halogens is 1. The topological polar surface area (TPSA) is 64.6 Å². The van der Waals surface area contributed by atoms with Crippen molar-refractivity contribution >= 4 is 27.8 Å². The Morgan fingerprint density at radius 3 is 2.35 bits per heavy atom. The molecular weight excluding hydrogens is 458 g/mol. The van der Waals surface area contributed by atoms with Gasteiger partial charge in [0.05, 0.1) is 19.6 Å². The third kappa shape index (κ3) is 8.37. The molecule has 0 aliphatic carbocycles. The van der Waals surface area contributed by atoms with Gasteiger partial charge in [-0.15, -0.1) is 0 Å². The monoisotopic (exact) mass is 489 g/mol. The third-order valence-corrected chi connectivity index (χ3v) is 6.26. The minimum Gasteiger partial charge on any atom is -0.494 e. The van der Waals surface area contributed by atoms with Crippen molar-refractivity contribution in [2.45, 2.75) is 47.0 Å². The fourth-order valence-corrected chi connectivity index (χ4v) is 3.51. The summed E-state index contributed by atoms with van der Waals surface area (Å²) in [6, 6.07) is 11.7. The van der Waals surface area contributed by atoms with Gasteiger partial charge in [-0.1, -0.05) is 35.0 Å². The van der Waals surface area contributed by atoms with E-state index in [1.54, 1.807) is 6.92 Å². The van der Waals surface area contributed by atoms with Gasteiger partial charge in [-0.05, 0) is 80.5 Å². The zero-order valence-electron chi connectivity index (χ0n) is 18.8. The first-order valence-electron chi connectivity index (χ1n) is 10.7. The standard InChI is InChI=1S/C25H32BrNO4/c1-5-30-23(28)10-12-27-25(29)21-8-6-20(7-9-21)14-17(2)11-13-31-22-15-18(3)24(26)19(4)16-22/h6-9,15-17H,5,10-14H2,1-4H3,(H,27,29). The van der Waals surface area contributed by atoms with Crippen molar-refractivity contribution in [3.63, 3.8) is 0 Å². The normalized spacial score (nSPS) is 11.6. The second-order valence-electron chi connectivity index (χ2n) is 7.83. The number of carbonyl (C=O) groups excluding carboxylic acids is 2. The van der Waals surface area contributed by atoms with E-state index in [-0.39, 0.29) is 24.8 Å². The Balaban J connectivity index is 1.75. The van der Waals surface area contributed by atoms with Gasteiger partial charge in [-0.2, -0.15) is 0 Å². The molecule has 0 saturated heterocycles. The summed E-state index contributed by atoms with van der Waals surface area (Å²) in [5, 5.41) is 2.74. The van der Waals surface area contributed by atoms with Crippen LogP contribution in [0.4, 0.5) is 0 Å². The van der Waals surface area contributed by atoms with Gasteiger partial charge < -0.3 is 14.8 Å². The number of esters is 1. The average Bonchev–Trinajstić information content (AvgIpc) is 2.72. The molecule has 0 heterocycles. The molecule has 0 spiro atoms. The minimum absolute atomic E-state index is 0.177. The van der Waals surface area contributed by atoms with Crippen LogP contribution in [0.15, 0.2) is 40.9 Å². The molecule has 5 nitrogen and oxygen atoms in total. The van der Waals surface area contributed by atoms with Gasteiger partial charge in [0.25, 0.3) is 5.91 Å². The summed E-state index contributed by atoms with van der Waals surface area (Å²) in [6.45, 7) is 9.39. The highest BCUT2D eigenvalue weighted by molar-refractivity contribution is 9.10. The van der Waals surface area contributed by atoms with E-state index in [4.69, 9.17) is 9.47 Å². The van der Waals surface area contributed by atoms with Crippen LogP contribution in [0.5, 0.6) is 5.75 Å². The van der Waals surface area contributed by atoms with Crippen LogP contribution in [-0.4, -0.2) is 31.6 Å². The van der Waals surface area contributed by atoms with Crippen LogP contribution < -0.4 is 10.1 Å². The summed E-state index contributed by atoms with van der Waals surface area (Å²) in [5.74, 6) is 0.879. The Bertz CT molecular complexity index is 857. The highest BCUT2D eigenvalue weighted by Gasteiger charge is 2.09. The number of hydrogen-bond donors (Lipinski definition) is 1. The Morgan fingerprint density at radius 2 is 1.74 bits per heavy atom. The molecule has 0 aliphatic heterocycles. The second-order valence-corrected chi connectivity index (χ2v) is 8.62. The minimum atomic E-state index is -0.304. The number of hydrogen-bond acceptors (Lipinski definition) is 4. The summed E-state index contributed by atoms with van der Waals surface area (Å²) in [4.78, 5) is 23.5. The average molecular weight is 490 g/mol. The van der Waals surface area contributed by atoms with Crippen LogP contribution >= 0.6 is 15.9 Å². The van der Waals surface area contributed by atoms with E-state index >= 15 is 0 Å². The largest absolute Gasteiger partial charge is 0.494 e. The van der Waals surface area contributed by atoms with E-state index in [1.807, 2.05) is 24.3 Å². The number of benzene rings is 2. The molecule has 0 bridgehead atoms. The molecule has 31 heavy (non-hydrogen) atoms. The molecule has 0 saturated carbocycles. The molecule has 1 amide bonds. The van der Waals surface area contributed by atoms with Crippen molar-refractivity contribution in [1.29, 1.82) is 0 Å². The molecule has 0 aromatic heterocycles. The van der Waals surface area contributed by atoms with Crippen LogP contribution in [0.25, 0.3) is 0 Å². The van der Waals surface area contributed by atoms with Crippen molar-refractivity contribution in [1.82, 2.24) is 5.32 Å². The molecule has 6 heteroatoms. The lowest BCUT2D eigenvalue weighted by Crippen LogP contribution is -2.26. The third-order valence-electron chi connectivity index (χ3n) is 5.01. The number of ether oxygens (including phenoxy) is 2. The van der Waals surface area contributed by atoms with E-state index in [0.29, 0.717) is 24.7 Å².